The van der Waals surface area contributed by atoms with E-state index in [2.05, 4.69) is 15.7 Å². The number of nitrogens with one attached hydrogen (secondary N) is 2. The third kappa shape index (κ3) is 4.47. The van der Waals surface area contributed by atoms with Gasteiger partial charge in [-0.3, -0.25) is 4.79 Å². The zero-order valence-corrected chi connectivity index (χ0v) is 16.3. The number of amides is 1. The molecule has 2 N–H and O–H groups in total. The van der Waals surface area contributed by atoms with Crippen LogP contribution < -0.4 is 15.4 Å². The summed E-state index contributed by atoms with van der Waals surface area (Å²) in [5.41, 5.74) is 0.681. The number of nitrogens with zero attached hydrogens (tertiary/aromatic N) is 2. The Balaban J connectivity index is 1.96. The van der Waals surface area contributed by atoms with Crippen LogP contribution in [0.4, 0.5) is 19.0 Å². The molecule has 2 aromatic rings. The first-order valence-electron chi connectivity index (χ1n) is 9.09. The van der Waals surface area contributed by atoms with Crippen molar-refractivity contribution >= 4 is 11.7 Å². The van der Waals surface area contributed by atoms with Crippen molar-refractivity contribution in [2.24, 2.45) is 0 Å². The fraction of sp³-hybridized carbons (Fsp3) is 0.474. The molecule has 1 aliphatic rings. The molecule has 0 aliphatic carbocycles. The maximum atomic E-state index is 13.7. The molecule has 2 heterocycles. The van der Waals surface area contributed by atoms with E-state index in [9.17, 15) is 18.0 Å². The smallest absolute Gasteiger partial charge is 0.410 e. The van der Waals surface area contributed by atoms with Gasteiger partial charge in [0, 0.05) is 19.6 Å². The minimum atomic E-state index is -4.52. The number of fused-ring (bicyclic) bond motifs is 1. The Morgan fingerprint density at radius 1 is 1.41 bits per heavy atom. The molecule has 158 valence electrons. The van der Waals surface area contributed by atoms with Crippen molar-refractivity contribution in [2.45, 2.75) is 37.6 Å². The van der Waals surface area contributed by atoms with E-state index in [1.807, 2.05) is 0 Å². The molecule has 1 aromatic heterocycles. The number of carbonyl (C=O) groups is 1. The summed E-state index contributed by atoms with van der Waals surface area (Å²) in [6.07, 6.45) is -3.62. The van der Waals surface area contributed by atoms with Crippen molar-refractivity contribution in [3.63, 3.8) is 0 Å². The minimum absolute atomic E-state index is 0.0357. The van der Waals surface area contributed by atoms with Crippen LogP contribution in [0, 0.1) is 0 Å². The lowest BCUT2D eigenvalue weighted by Crippen LogP contribution is -2.38. The molecule has 10 heteroatoms. The first-order chi connectivity index (χ1) is 13.7. The highest BCUT2D eigenvalue weighted by molar-refractivity contribution is 5.99. The van der Waals surface area contributed by atoms with Gasteiger partial charge in [0.1, 0.15) is 17.1 Å². The Kier molecular flexibility index (Phi) is 6.02. The monoisotopic (exact) mass is 412 g/mol. The SMILES string of the molecule is COC[C@@H](C)NC(=O)c1cnn2c1N[C@H](c1cccc(OC)c1)C[C@@H]2C(F)(F)F. The predicted molar refractivity (Wildman–Crippen MR) is 100 cm³/mol. The van der Waals surface area contributed by atoms with Gasteiger partial charge >= 0.3 is 6.18 Å². The number of methoxy groups -OCH3 is 2. The van der Waals surface area contributed by atoms with Crippen molar-refractivity contribution in [1.82, 2.24) is 15.1 Å². The Labute approximate surface area is 166 Å². The first-order valence-corrected chi connectivity index (χ1v) is 9.09. The molecule has 0 unspecified atom stereocenters. The second-order valence-corrected chi connectivity index (χ2v) is 6.95. The summed E-state index contributed by atoms with van der Waals surface area (Å²) in [5.74, 6) is 0.0577. The quantitative estimate of drug-likeness (QED) is 0.761. The lowest BCUT2D eigenvalue weighted by atomic mass is 9.96. The standard InChI is InChI=1S/C19H23F3N4O3/c1-11(10-28-2)24-18(27)14-9-23-26-16(19(20,21)22)8-15(25-17(14)26)12-5-4-6-13(7-12)29-3/h4-7,9,11,15-16,25H,8,10H2,1-3H3,(H,24,27)/t11-,15+,16-/m1/s1. The molecule has 1 aromatic carbocycles. The number of carbonyl (C=O) groups excluding carboxylic acids is 1. The second kappa shape index (κ2) is 8.32. The van der Waals surface area contributed by atoms with E-state index in [-0.39, 0.29) is 30.5 Å². The minimum Gasteiger partial charge on any atom is -0.497 e. The van der Waals surface area contributed by atoms with Gasteiger partial charge in [-0.05, 0) is 24.6 Å². The predicted octanol–water partition coefficient (Wildman–Crippen LogP) is 3.32. The summed E-state index contributed by atoms with van der Waals surface area (Å²) in [4.78, 5) is 12.6. The Hall–Kier alpha value is -2.75. The van der Waals surface area contributed by atoms with Crippen LogP contribution in [0.25, 0.3) is 0 Å². The Morgan fingerprint density at radius 2 is 2.17 bits per heavy atom. The van der Waals surface area contributed by atoms with E-state index >= 15 is 0 Å². The topological polar surface area (TPSA) is 77.4 Å². The third-order valence-electron chi connectivity index (χ3n) is 4.77. The van der Waals surface area contributed by atoms with E-state index in [1.165, 1.54) is 14.2 Å². The molecule has 0 saturated carbocycles. The van der Waals surface area contributed by atoms with Gasteiger partial charge in [0.15, 0.2) is 6.04 Å². The summed E-state index contributed by atoms with van der Waals surface area (Å²) < 4.78 is 52.2. The van der Waals surface area contributed by atoms with Gasteiger partial charge < -0.3 is 20.1 Å². The highest BCUT2D eigenvalue weighted by atomic mass is 19.4. The number of halogens is 3. The maximum Gasteiger partial charge on any atom is 0.410 e. The number of anilines is 1. The number of ether oxygens (including phenoxy) is 2. The van der Waals surface area contributed by atoms with Crippen LogP contribution >= 0.6 is 0 Å². The Morgan fingerprint density at radius 3 is 2.83 bits per heavy atom. The lowest BCUT2D eigenvalue weighted by molar-refractivity contribution is -0.173. The van der Waals surface area contributed by atoms with Crippen LogP contribution in [0.5, 0.6) is 5.75 Å². The molecule has 0 fully saturated rings. The number of hydrogen-bond donors (Lipinski definition) is 2. The van der Waals surface area contributed by atoms with Crippen molar-refractivity contribution in [2.75, 3.05) is 26.1 Å². The van der Waals surface area contributed by atoms with Gasteiger partial charge in [-0.2, -0.15) is 18.3 Å². The maximum absolute atomic E-state index is 13.7. The zero-order valence-electron chi connectivity index (χ0n) is 16.3. The van der Waals surface area contributed by atoms with Crippen molar-refractivity contribution in [1.29, 1.82) is 0 Å². The average molecular weight is 412 g/mol. The fourth-order valence-electron chi connectivity index (χ4n) is 3.40. The molecule has 0 spiro atoms. The molecule has 0 radical (unpaired) electrons. The highest BCUT2D eigenvalue weighted by Crippen LogP contribution is 2.44. The molecule has 0 saturated heterocycles. The van der Waals surface area contributed by atoms with Gasteiger partial charge in [-0.1, -0.05) is 12.1 Å². The van der Waals surface area contributed by atoms with Gasteiger partial charge in [0.25, 0.3) is 5.91 Å². The summed E-state index contributed by atoms with van der Waals surface area (Å²) in [6, 6.07) is 4.01. The van der Waals surface area contributed by atoms with Crippen LogP contribution in [0.3, 0.4) is 0 Å². The lowest BCUT2D eigenvalue weighted by Gasteiger charge is -2.34. The zero-order chi connectivity index (χ0) is 21.2. The molecule has 3 rings (SSSR count). The van der Waals surface area contributed by atoms with Crippen LogP contribution in [0.1, 0.15) is 41.3 Å². The molecule has 0 bridgehead atoms. The van der Waals surface area contributed by atoms with E-state index < -0.39 is 24.2 Å². The third-order valence-corrected chi connectivity index (χ3v) is 4.77. The number of rotatable bonds is 6. The second-order valence-electron chi connectivity index (χ2n) is 6.95. The number of hydrogen-bond acceptors (Lipinski definition) is 5. The fourth-order valence-corrected chi connectivity index (χ4v) is 3.40. The number of aromatic nitrogens is 2. The average Bonchev–Trinajstić information content (AvgIpc) is 3.10. The molecular formula is C19H23F3N4O3. The molecule has 1 aliphatic heterocycles. The van der Waals surface area contributed by atoms with E-state index in [1.54, 1.807) is 31.2 Å². The highest BCUT2D eigenvalue weighted by Gasteiger charge is 2.47. The number of alkyl halides is 3. The number of benzene rings is 1. The van der Waals surface area contributed by atoms with Crippen molar-refractivity contribution < 1.29 is 27.4 Å². The summed E-state index contributed by atoms with van der Waals surface area (Å²) in [5, 5.41) is 9.61. The van der Waals surface area contributed by atoms with Crippen LogP contribution in [0.2, 0.25) is 0 Å². The van der Waals surface area contributed by atoms with Gasteiger partial charge in [-0.25, -0.2) is 4.68 Å². The molecule has 1 amide bonds. The van der Waals surface area contributed by atoms with Crippen LogP contribution in [-0.2, 0) is 4.74 Å². The van der Waals surface area contributed by atoms with Gasteiger partial charge in [0.2, 0.25) is 0 Å². The van der Waals surface area contributed by atoms with Crippen LogP contribution in [0.15, 0.2) is 30.5 Å². The normalized spacial score (nSPS) is 19.8. The summed E-state index contributed by atoms with van der Waals surface area (Å²) in [7, 11) is 2.99. The largest absolute Gasteiger partial charge is 0.497 e. The van der Waals surface area contributed by atoms with Crippen molar-refractivity contribution in [3.8, 4) is 5.75 Å². The molecular weight excluding hydrogens is 389 g/mol. The van der Waals surface area contributed by atoms with Gasteiger partial charge in [-0.15, -0.1) is 0 Å². The molecule has 3 atom stereocenters. The van der Waals surface area contributed by atoms with E-state index in [0.717, 1.165) is 10.9 Å². The van der Waals surface area contributed by atoms with Crippen molar-refractivity contribution in [3.05, 3.63) is 41.6 Å². The van der Waals surface area contributed by atoms with E-state index in [0.29, 0.717) is 11.3 Å². The molecule has 7 nitrogen and oxygen atoms in total. The summed E-state index contributed by atoms with van der Waals surface area (Å²) in [6.45, 7) is 2.02. The molecule has 29 heavy (non-hydrogen) atoms. The van der Waals surface area contributed by atoms with Crippen LogP contribution in [-0.4, -0.2) is 48.7 Å². The summed E-state index contributed by atoms with van der Waals surface area (Å²) >= 11 is 0. The first kappa shape index (κ1) is 21.0. The van der Waals surface area contributed by atoms with E-state index in [4.69, 9.17) is 9.47 Å². The Bertz CT molecular complexity index is 869. The van der Waals surface area contributed by atoms with Gasteiger partial charge in [0.05, 0.1) is 26.0 Å².